The van der Waals surface area contributed by atoms with Crippen LogP contribution in [0.1, 0.15) is 27.9 Å². The minimum absolute atomic E-state index is 0.252. The molecule has 29 heavy (non-hydrogen) atoms. The minimum atomic E-state index is -4.32. The molecular weight excluding hydrogens is 397 g/mol. The molecule has 3 rings (SSSR count). The molecule has 0 spiro atoms. The molecule has 0 saturated carbocycles. The van der Waals surface area contributed by atoms with Gasteiger partial charge in [0.15, 0.2) is 5.11 Å². The molecule has 0 atom stereocenters. The van der Waals surface area contributed by atoms with E-state index >= 15 is 0 Å². The number of piperazine rings is 1. The van der Waals surface area contributed by atoms with Crippen molar-refractivity contribution in [2.75, 3.05) is 31.5 Å². The second-order valence-electron chi connectivity index (χ2n) is 7.51. The van der Waals surface area contributed by atoms with Crippen molar-refractivity contribution in [1.82, 2.24) is 14.8 Å². The minimum Gasteiger partial charge on any atom is -0.346 e. The number of halogens is 3. The van der Waals surface area contributed by atoms with E-state index in [1.807, 2.05) is 26.0 Å². The van der Waals surface area contributed by atoms with Crippen molar-refractivity contribution < 1.29 is 13.2 Å². The molecule has 0 bridgehead atoms. The summed E-state index contributed by atoms with van der Waals surface area (Å²) in [6.45, 7) is 8.84. The van der Waals surface area contributed by atoms with Crippen LogP contribution in [0.15, 0.2) is 30.3 Å². The van der Waals surface area contributed by atoms with E-state index in [0.29, 0.717) is 30.3 Å². The summed E-state index contributed by atoms with van der Waals surface area (Å²) in [5, 5.41) is 3.81. The zero-order chi connectivity index (χ0) is 21.2. The van der Waals surface area contributed by atoms with Crippen LogP contribution >= 0.6 is 12.2 Å². The lowest BCUT2D eigenvalue weighted by molar-refractivity contribution is -0.138. The molecule has 2 heterocycles. The van der Waals surface area contributed by atoms with E-state index in [1.54, 1.807) is 12.1 Å². The monoisotopic (exact) mass is 422 g/mol. The quantitative estimate of drug-likeness (QED) is 0.734. The maximum atomic E-state index is 13.1. The second kappa shape index (κ2) is 8.67. The average Bonchev–Trinajstić information content (AvgIpc) is 2.62. The van der Waals surface area contributed by atoms with E-state index in [0.717, 1.165) is 30.2 Å². The number of aromatic nitrogens is 1. The summed E-state index contributed by atoms with van der Waals surface area (Å²) < 4.78 is 39.4. The number of alkyl halides is 3. The zero-order valence-corrected chi connectivity index (χ0v) is 17.6. The van der Waals surface area contributed by atoms with Crippen LogP contribution in [-0.4, -0.2) is 46.1 Å². The highest BCUT2D eigenvalue weighted by molar-refractivity contribution is 7.80. The molecule has 156 valence electrons. The van der Waals surface area contributed by atoms with Crippen LogP contribution in [0, 0.1) is 20.8 Å². The molecule has 1 N–H and O–H groups in total. The van der Waals surface area contributed by atoms with Crippen LogP contribution < -0.4 is 5.32 Å². The van der Waals surface area contributed by atoms with Crippen molar-refractivity contribution in [2.45, 2.75) is 33.5 Å². The van der Waals surface area contributed by atoms with Crippen molar-refractivity contribution >= 4 is 23.1 Å². The summed E-state index contributed by atoms with van der Waals surface area (Å²) >= 11 is 5.51. The SMILES string of the molecule is Cc1cc(C)nc(NC(=S)N2CCN(Cc3ccc(C)c(C(F)(F)F)c3)CC2)c1. The molecule has 1 aromatic heterocycles. The topological polar surface area (TPSA) is 31.4 Å². The molecule has 8 heteroatoms. The van der Waals surface area contributed by atoms with Gasteiger partial charge in [0.25, 0.3) is 0 Å². The van der Waals surface area contributed by atoms with Crippen LogP contribution in [0.5, 0.6) is 0 Å². The Labute approximate surface area is 174 Å². The third-order valence-corrected chi connectivity index (χ3v) is 5.37. The van der Waals surface area contributed by atoms with Gasteiger partial charge in [0.1, 0.15) is 5.82 Å². The maximum Gasteiger partial charge on any atom is 0.416 e. The Hall–Kier alpha value is -2.19. The number of hydrogen-bond donors (Lipinski definition) is 1. The van der Waals surface area contributed by atoms with Crippen molar-refractivity contribution in [3.63, 3.8) is 0 Å². The molecule has 1 aromatic carbocycles. The standard InChI is InChI=1S/C21H25F3N4S/c1-14-10-16(3)25-19(11-14)26-20(29)28-8-6-27(7-9-28)13-17-5-4-15(2)18(12-17)21(22,23)24/h4-5,10-12H,6-9,13H2,1-3H3,(H,25,26,29). The highest BCUT2D eigenvalue weighted by Crippen LogP contribution is 2.32. The fourth-order valence-corrected chi connectivity index (χ4v) is 3.82. The van der Waals surface area contributed by atoms with E-state index < -0.39 is 11.7 Å². The first-order valence-corrected chi connectivity index (χ1v) is 9.93. The van der Waals surface area contributed by atoms with Gasteiger partial charge in [0.2, 0.25) is 0 Å². The number of anilines is 1. The smallest absolute Gasteiger partial charge is 0.346 e. The summed E-state index contributed by atoms with van der Waals surface area (Å²) in [7, 11) is 0. The van der Waals surface area contributed by atoms with Gasteiger partial charge in [-0.1, -0.05) is 12.1 Å². The number of pyridine rings is 1. The first-order valence-electron chi connectivity index (χ1n) is 9.52. The molecule has 1 aliphatic heterocycles. The predicted molar refractivity (Wildman–Crippen MR) is 113 cm³/mol. The molecule has 2 aromatic rings. The molecular formula is C21H25F3N4S. The first-order chi connectivity index (χ1) is 13.6. The summed E-state index contributed by atoms with van der Waals surface area (Å²) in [5.41, 5.74) is 2.42. The van der Waals surface area contributed by atoms with Gasteiger partial charge in [-0.15, -0.1) is 0 Å². The van der Waals surface area contributed by atoms with E-state index in [4.69, 9.17) is 12.2 Å². The number of benzene rings is 1. The highest BCUT2D eigenvalue weighted by Gasteiger charge is 2.32. The van der Waals surface area contributed by atoms with Gasteiger partial charge in [-0.2, -0.15) is 13.2 Å². The van der Waals surface area contributed by atoms with E-state index in [2.05, 4.69) is 20.1 Å². The van der Waals surface area contributed by atoms with E-state index in [1.165, 1.54) is 13.0 Å². The lowest BCUT2D eigenvalue weighted by Gasteiger charge is -2.36. The van der Waals surface area contributed by atoms with Crippen molar-refractivity contribution in [3.8, 4) is 0 Å². The Morgan fingerprint density at radius 1 is 1.07 bits per heavy atom. The molecule has 0 unspecified atom stereocenters. The van der Waals surface area contributed by atoms with Gasteiger partial charge >= 0.3 is 6.18 Å². The van der Waals surface area contributed by atoms with Crippen molar-refractivity contribution in [3.05, 3.63) is 58.3 Å². The Bertz CT molecular complexity index is 870. The van der Waals surface area contributed by atoms with Gasteiger partial charge in [-0.3, -0.25) is 4.90 Å². The van der Waals surface area contributed by atoms with Gasteiger partial charge in [-0.05, 0) is 67.9 Å². The number of rotatable bonds is 3. The third kappa shape index (κ3) is 5.67. The fourth-order valence-electron chi connectivity index (χ4n) is 3.53. The number of nitrogens with zero attached hydrogens (tertiary/aromatic N) is 3. The molecule has 0 radical (unpaired) electrons. The van der Waals surface area contributed by atoms with Crippen LogP contribution in [0.3, 0.4) is 0 Å². The van der Waals surface area contributed by atoms with Gasteiger partial charge in [-0.25, -0.2) is 4.98 Å². The summed E-state index contributed by atoms with van der Waals surface area (Å²) in [6, 6.07) is 8.53. The molecule has 1 aliphatic rings. The number of hydrogen-bond acceptors (Lipinski definition) is 3. The molecule has 0 aliphatic carbocycles. The normalized spacial score (nSPS) is 15.4. The summed E-state index contributed by atoms with van der Waals surface area (Å²) in [6.07, 6.45) is -4.32. The Balaban J connectivity index is 1.56. The number of aryl methyl sites for hydroxylation is 3. The van der Waals surface area contributed by atoms with Gasteiger partial charge in [0.05, 0.1) is 5.56 Å². The Morgan fingerprint density at radius 3 is 2.38 bits per heavy atom. The largest absolute Gasteiger partial charge is 0.416 e. The molecule has 4 nitrogen and oxygen atoms in total. The summed E-state index contributed by atoms with van der Waals surface area (Å²) in [4.78, 5) is 8.67. The van der Waals surface area contributed by atoms with Gasteiger partial charge in [0, 0.05) is 38.4 Å². The molecule has 1 saturated heterocycles. The number of thiocarbonyl (C=S) groups is 1. The average molecular weight is 423 g/mol. The van der Waals surface area contributed by atoms with Crippen molar-refractivity contribution in [1.29, 1.82) is 0 Å². The lowest BCUT2D eigenvalue weighted by Crippen LogP contribution is -2.49. The van der Waals surface area contributed by atoms with E-state index in [-0.39, 0.29) is 5.56 Å². The van der Waals surface area contributed by atoms with Crippen LogP contribution in [0.25, 0.3) is 0 Å². The number of nitrogens with one attached hydrogen (secondary N) is 1. The fraction of sp³-hybridized carbons (Fsp3) is 0.429. The predicted octanol–water partition coefficient (Wildman–Crippen LogP) is 4.54. The van der Waals surface area contributed by atoms with Crippen molar-refractivity contribution in [2.24, 2.45) is 0 Å². The molecule has 0 amide bonds. The second-order valence-corrected chi connectivity index (χ2v) is 7.90. The van der Waals surface area contributed by atoms with E-state index in [9.17, 15) is 13.2 Å². The maximum absolute atomic E-state index is 13.1. The zero-order valence-electron chi connectivity index (χ0n) is 16.8. The van der Waals surface area contributed by atoms with Crippen LogP contribution in [0.2, 0.25) is 0 Å². The molecule has 1 fully saturated rings. The Kier molecular flexibility index (Phi) is 6.43. The summed E-state index contributed by atoms with van der Waals surface area (Å²) in [5.74, 6) is 0.731. The van der Waals surface area contributed by atoms with Crippen LogP contribution in [-0.2, 0) is 12.7 Å². The Morgan fingerprint density at radius 2 is 1.76 bits per heavy atom. The van der Waals surface area contributed by atoms with Gasteiger partial charge < -0.3 is 10.2 Å². The lowest BCUT2D eigenvalue weighted by atomic mass is 10.0. The first kappa shape index (κ1) is 21.5. The third-order valence-electron chi connectivity index (χ3n) is 5.01. The highest BCUT2D eigenvalue weighted by atomic mass is 32.1. The van der Waals surface area contributed by atoms with Crippen LogP contribution in [0.4, 0.5) is 19.0 Å².